The first-order valence-electron chi connectivity index (χ1n) is 15.8. The number of anilines is 1. The Morgan fingerprint density at radius 2 is 1.86 bits per heavy atom. The van der Waals surface area contributed by atoms with E-state index in [-0.39, 0.29) is 11.4 Å². The summed E-state index contributed by atoms with van der Waals surface area (Å²) in [6.45, 7) is 13.9. The molecule has 43 heavy (non-hydrogen) atoms. The number of rotatable bonds is 6. The molecule has 1 saturated heterocycles. The van der Waals surface area contributed by atoms with Crippen LogP contribution in [0.2, 0.25) is 0 Å². The summed E-state index contributed by atoms with van der Waals surface area (Å²) in [4.78, 5) is 21.2. The average molecular weight is 588 g/mol. The van der Waals surface area contributed by atoms with Crippen molar-refractivity contribution in [1.82, 2.24) is 14.8 Å². The van der Waals surface area contributed by atoms with Crippen LogP contribution in [0, 0.1) is 29.0 Å². The van der Waals surface area contributed by atoms with Gasteiger partial charge in [-0.3, -0.25) is 4.79 Å². The van der Waals surface area contributed by atoms with Gasteiger partial charge in [0, 0.05) is 55.1 Å². The molecule has 1 aromatic heterocycles. The molecule has 2 aromatic carbocycles. The van der Waals surface area contributed by atoms with Gasteiger partial charge in [-0.25, -0.2) is 9.38 Å². The molecule has 7 rings (SSSR count). The lowest BCUT2D eigenvalue weighted by Crippen LogP contribution is -2.59. The zero-order chi connectivity index (χ0) is 30.5. The van der Waals surface area contributed by atoms with Gasteiger partial charge < -0.3 is 24.8 Å². The third-order valence-corrected chi connectivity index (χ3v) is 10.6. The molecule has 2 N–H and O–H groups in total. The number of ether oxygens (including phenoxy) is 1. The summed E-state index contributed by atoms with van der Waals surface area (Å²) in [7, 11) is 1.52. The number of benzene rings is 2. The highest BCUT2D eigenvalue weighted by Gasteiger charge is 2.56. The Morgan fingerprint density at radius 1 is 1.09 bits per heavy atom. The number of pyridine rings is 1. The maximum absolute atomic E-state index is 14.5. The fourth-order valence-electron chi connectivity index (χ4n) is 7.91. The van der Waals surface area contributed by atoms with Crippen LogP contribution in [-0.4, -0.2) is 53.8 Å². The van der Waals surface area contributed by atoms with Gasteiger partial charge in [0.05, 0.1) is 13.2 Å². The Balaban J connectivity index is 1.23. The Hall–Kier alpha value is -3.39. The summed E-state index contributed by atoms with van der Waals surface area (Å²) >= 11 is 0. The van der Waals surface area contributed by atoms with Crippen LogP contribution in [0.1, 0.15) is 53.0 Å². The van der Waals surface area contributed by atoms with Crippen LogP contribution in [-0.2, 0) is 13.0 Å². The van der Waals surface area contributed by atoms with Crippen LogP contribution in [0.4, 0.5) is 10.1 Å². The van der Waals surface area contributed by atoms with Gasteiger partial charge in [-0.2, -0.15) is 0 Å². The lowest BCUT2D eigenvalue weighted by atomic mass is 9.45. The van der Waals surface area contributed by atoms with Crippen molar-refractivity contribution in [2.45, 2.75) is 78.6 Å². The predicted octanol–water partition coefficient (Wildman–Crippen LogP) is 5.91. The van der Waals surface area contributed by atoms with Gasteiger partial charge in [0.1, 0.15) is 11.6 Å². The third-order valence-electron chi connectivity index (χ3n) is 10.6. The first-order chi connectivity index (χ1) is 20.5. The number of nitrogens with one attached hydrogen (secondary N) is 2. The monoisotopic (exact) mass is 587 g/mol. The van der Waals surface area contributed by atoms with E-state index in [2.05, 4.69) is 50.2 Å². The number of piperazine rings is 1. The van der Waals surface area contributed by atoms with E-state index in [1.807, 2.05) is 30.5 Å². The first kappa shape index (κ1) is 29.7. The topological polar surface area (TPSA) is 70.9 Å². The Labute approximate surface area is 254 Å². The molecule has 3 saturated carbocycles. The highest BCUT2D eigenvalue weighted by atomic mass is 19.1. The smallest absolute Gasteiger partial charge is 0.258 e. The molecule has 2 heterocycles. The number of hydrogen-bond donors (Lipinski definition) is 2. The molecule has 3 aliphatic carbocycles. The zero-order valence-corrected chi connectivity index (χ0v) is 26.4. The molecule has 4 aliphatic rings. The molecule has 0 radical (unpaired) electrons. The van der Waals surface area contributed by atoms with Crippen LogP contribution >= 0.6 is 0 Å². The number of hydrogen-bond acceptors (Lipinski definition) is 4. The number of methoxy groups -OCH3 is 1. The summed E-state index contributed by atoms with van der Waals surface area (Å²) in [6.07, 6.45) is 4.70. The second-order valence-corrected chi connectivity index (χ2v) is 13.8. The second kappa shape index (κ2) is 11.6. The molecule has 4 fully saturated rings. The van der Waals surface area contributed by atoms with Crippen molar-refractivity contribution in [2.75, 3.05) is 25.5 Å². The van der Waals surface area contributed by atoms with Crippen molar-refractivity contribution in [1.29, 1.82) is 0 Å². The van der Waals surface area contributed by atoms with Gasteiger partial charge in [0.2, 0.25) is 0 Å². The molecule has 0 unspecified atom stereocenters. The largest absolute Gasteiger partial charge is 0.497 e. The fraction of sp³-hybridized carbons (Fsp3) is 0.543. The van der Waals surface area contributed by atoms with Gasteiger partial charge in [-0.15, -0.1) is 0 Å². The molecular weight excluding hydrogens is 541 g/mol. The molecule has 230 valence electrons. The highest BCUT2D eigenvalue weighted by Crippen LogP contribution is 2.61. The van der Waals surface area contributed by atoms with Crippen molar-refractivity contribution in [2.24, 2.45) is 28.2 Å². The van der Waals surface area contributed by atoms with E-state index in [0.717, 1.165) is 48.4 Å². The molecular formula is C35H46FN5O2. The van der Waals surface area contributed by atoms with Crippen LogP contribution in [0.15, 0.2) is 58.4 Å². The van der Waals surface area contributed by atoms with Crippen molar-refractivity contribution >= 4 is 22.4 Å². The Morgan fingerprint density at radius 3 is 2.53 bits per heavy atom. The van der Waals surface area contributed by atoms with Gasteiger partial charge in [-0.05, 0) is 97.6 Å². The molecule has 0 spiro atoms. The number of aryl methyl sites for hydroxylation is 2. The minimum absolute atomic E-state index is 0.0746. The summed E-state index contributed by atoms with van der Waals surface area (Å²) in [5.41, 5.74) is 1.83. The van der Waals surface area contributed by atoms with E-state index in [0.29, 0.717) is 59.1 Å². The number of aliphatic imine (C=N–C) groups is 1. The van der Waals surface area contributed by atoms with Gasteiger partial charge in [-0.1, -0.05) is 26.8 Å². The van der Waals surface area contributed by atoms with Gasteiger partial charge >= 0.3 is 0 Å². The van der Waals surface area contributed by atoms with Crippen molar-refractivity contribution in [3.05, 3.63) is 70.4 Å². The van der Waals surface area contributed by atoms with Crippen LogP contribution in [0.25, 0.3) is 10.8 Å². The van der Waals surface area contributed by atoms with E-state index in [9.17, 15) is 9.18 Å². The Bertz CT molecular complexity index is 1570. The van der Waals surface area contributed by atoms with Crippen LogP contribution in [0.3, 0.4) is 0 Å². The summed E-state index contributed by atoms with van der Waals surface area (Å²) in [6, 6.07) is 13.8. The summed E-state index contributed by atoms with van der Waals surface area (Å²) in [5, 5.41) is 8.85. The fourth-order valence-corrected chi connectivity index (χ4v) is 7.91. The average Bonchev–Trinajstić information content (AvgIpc) is 2.97. The number of aromatic nitrogens is 1. The van der Waals surface area contributed by atoms with E-state index in [4.69, 9.17) is 9.73 Å². The highest BCUT2D eigenvalue weighted by molar-refractivity contribution is 5.96. The molecule has 0 amide bonds. The SMILES string of the molecule is COc1ccc(CCn2ccc3cc(NC(=N[C@H]4C[C@@H]5C[C@@H]([C@H]4C)C5(C)C)N4C[C@@H](C)N[C@@H](C)C4)ccc3c2=O)c(F)c1. The summed E-state index contributed by atoms with van der Waals surface area (Å²) < 4.78 is 21.2. The Kier molecular flexibility index (Phi) is 8.01. The van der Waals surface area contributed by atoms with Gasteiger partial charge in [0.15, 0.2) is 5.96 Å². The van der Waals surface area contributed by atoms with Crippen LogP contribution in [0.5, 0.6) is 5.75 Å². The standard InChI is InChI=1S/C35H46FN5O2/c1-21-19-41(20-22(2)37-21)34(39-32-17-26-16-30(23(32)3)35(26,4)5)38-27-8-10-29-25(15-27)12-14-40(33(29)42)13-11-24-7-9-28(43-6)18-31(24)36/h7-10,12,14-15,18,21-23,26,30,32,37H,11,13,16-17,19-20H2,1-6H3,(H,38,39)/t21-,22+,23-,26+,30+,32+/m1/s1. The minimum atomic E-state index is -0.321. The van der Waals surface area contributed by atoms with Gasteiger partial charge in [0.25, 0.3) is 5.56 Å². The minimum Gasteiger partial charge on any atom is -0.497 e. The number of nitrogens with zero attached hydrogens (tertiary/aromatic N) is 3. The summed E-state index contributed by atoms with van der Waals surface area (Å²) in [5.74, 6) is 3.12. The predicted molar refractivity (Wildman–Crippen MR) is 173 cm³/mol. The normalized spacial score (nSPS) is 28.4. The number of halogens is 1. The number of guanidine groups is 1. The first-order valence-corrected chi connectivity index (χ1v) is 15.8. The van der Waals surface area contributed by atoms with Crippen molar-refractivity contribution < 1.29 is 9.13 Å². The van der Waals surface area contributed by atoms with Crippen LogP contribution < -0.4 is 20.9 Å². The van der Waals surface area contributed by atoms with E-state index >= 15 is 0 Å². The van der Waals surface area contributed by atoms with Crippen molar-refractivity contribution in [3.63, 3.8) is 0 Å². The van der Waals surface area contributed by atoms with E-state index < -0.39 is 0 Å². The molecule has 8 heteroatoms. The lowest BCUT2D eigenvalue weighted by molar-refractivity contribution is -0.108. The maximum Gasteiger partial charge on any atom is 0.258 e. The zero-order valence-electron chi connectivity index (χ0n) is 26.4. The quantitative estimate of drug-likeness (QED) is 0.277. The number of fused-ring (bicyclic) bond motifs is 3. The van der Waals surface area contributed by atoms with Crippen molar-refractivity contribution in [3.8, 4) is 5.75 Å². The molecule has 2 bridgehead atoms. The second-order valence-electron chi connectivity index (χ2n) is 13.8. The molecule has 1 aliphatic heterocycles. The lowest BCUT2D eigenvalue weighted by Gasteiger charge is -2.61. The molecule has 3 aromatic rings. The maximum atomic E-state index is 14.5. The van der Waals surface area contributed by atoms with E-state index in [1.54, 1.807) is 16.7 Å². The molecule has 6 atom stereocenters. The third kappa shape index (κ3) is 5.78. The van der Waals surface area contributed by atoms with E-state index in [1.165, 1.54) is 19.6 Å². The molecule has 7 nitrogen and oxygen atoms in total.